The molecule has 0 aliphatic carbocycles. The van der Waals surface area contributed by atoms with Crippen molar-refractivity contribution in [2.24, 2.45) is 0 Å². The summed E-state index contributed by atoms with van der Waals surface area (Å²) in [5.41, 5.74) is 2.59. The first-order chi connectivity index (χ1) is 9.39. The maximum atomic E-state index is 11.8. The molecule has 2 atom stereocenters. The third-order valence-electron chi connectivity index (χ3n) is 4.54. The molecule has 20 heavy (non-hydrogen) atoms. The Bertz CT molecular complexity index is 612. The van der Waals surface area contributed by atoms with E-state index in [1.807, 2.05) is 0 Å². The molecule has 0 radical (unpaired) electrons. The van der Waals surface area contributed by atoms with Crippen molar-refractivity contribution < 1.29 is 8.42 Å². The van der Waals surface area contributed by atoms with Crippen molar-refractivity contribution in [1.82, 2.24) is 4.31 Å². The number of para-hydroxylation sites is 1. The van der Waals surface area contributed by atoms with Gasteiger partial charge in [0.1, 0.15) is 0 Å². The number of rotatable bonds is 2. The molecule has 3 rings (SSSR count). The number of hydrogen-bond donors (Lipinski definition) is 0. The Balaban J connectivity index is 1.99. The maximum Gasteiger partial charge on any atom is 0.211 e. The van der Waals surface area contributed by atoms with E-state index >= 15 is 0 Å². The number of benzene rings is 1. The van der Waals surface area contributed by atoms with E-state index in [-0.39, 0.29) is 0 Å². The van der Waals surface area contributed by atoms with Gasteiger partial charge in [-0.3, -0.25) is 0 Å². The molecule has 0 spiro atoms. The van der Waals surface area contributed by atoms with E-state index in [1.165, 1.54) is 17.5 Å². The molecule has 2 aliphatic heterocycles. The molecule has 0 N–H and O–H groups in total. The third kappa shape index (κ3) is 2.13. The van der Waals surface area contributed by atoms with E-state index in [4.69, 9.17) is 0 Å². The summed E-state index contributed by atoms with van der Waals surface area (Å²) in [4.78, 5) is 2.47. The number of hydrogen-bond acceptors (Lipinski definition) is 3. The van der Waals surface area contributed by atoms with Crippen LogP contribution < -0.4 is 4.90 Å². The van der Waals surface area contributed by atoms with Crippen LogP contribution in [0.5, 0.6) is 0 Å². The zero-order valence-electron chi connectivity index (χ0n) is 12.3. The Morgan fingerprint density at radius 3 is 2.60 bits per heavy atom. The summed E-state index contributed by atoms with van der Waals surface area (Å²) < 4.78 is 25.3. The van der Waals surface area contributed by atoms with E-state index in [2.05, 4.69) is 43.0 Å². The van der Waals surface area contributed by atoms with Crippen LogP contribution in [0.1, 0.15) is 31.7 Å². The van der Waals surface area contributed by atoms with E-state index < -0.39 is 10.0 Å². The van der Waals surface area contributed by atoms with E-state index in [9.17, 15) is 8.42 Å². The molecule has 1 aromatic carbocycles. The topological polar surface area (TPSA) is 40.6 Å². The lowest BCUT2D eigenvalue weighted by Crippen LogP contribution is -2.49. The molecule has 2 heterocycles. The first kappa shape index (κ1) is 13.9. The third-order valence-corrected chi connectivity index (χ3v) is 5.81. The highest BCUT2D eigenvalue weighted by Gasteiger charge is 2.44. The fraction of sp³-hybridized carbons (Fsp3) is 0.600. The van der Waals surface area contributed by atoms with Crippen molar-refractivity contribution in [3.8, 4) is 0 Å². The van der Waals surface area contributed by atoms with Crippen LogP contribution in [-0.4, -0.2) is 44.2 Å². The van der Waals surface area contributed by atoms with Gasteiger partial charge in [0.05, 0.1) is 6.26 Å². The average Bonchev–Trinajstić information content (AvgIpc) is 2.71. The maximum absolute atomic E-state index is 11.8. The van der Waals surface area contributed by atoms with Gasteiger partial charge >= 0.3 is 0 Å². The monoisotopic (exact) mass is 294 g/mol. The van der Waals surface area contributed by atoms with E-state index in [1.54, 1.807) is 4.31 Å². The second-order valence-electron chi connectivity index (χ2n) is 6.14. The summed E-state index contributed by atoms with van der Waals surface area (Å²) in [5.74, 6) is 0.303. The molecule has 4 nitrogen and oxygen atoms in total. The first-order valence-electron chi connectivity index (χ1n) is 7.22. The van der Waals surface area contributed by atoms with Crippen LogP contribution in [0, 0.1) is 0 Å². The van der Waals surface area contributed by atoms with Crippen LogP contribution >= 0.6 is 0 Å². The lowest BCUT2D eigenvalue weighted by molar-refractivity contribution is 0.286. The molecule has 0 bridgehead atoms. The number of piperidine rings is 1. The summed E-state index contributed by atoms with van der Waals surface area (Å²) >= 11 is 0. The van der Waals surface area contributed by atoms with Gasteiger partial charge in [-0.05, 0) is 31.9 Å². The van der Waals surface area contributed by atoms with Gasteiger partial charge < -0.3 is 4.90 Å². The minimum Gasteiger partial charge on any atom is -0.365 e. The lowest BCUT2D eigenvalue weighted by atomic mass is 9.90. The van der Waals surface area contributed by atoms with Crippen LogP contribution in [0.15, 0.2) is 24.3 Å². The SMILES string of the molecule is CC(C)N1c2ccccc2[C@@H]2CN(S(C)(=O)=O)CC[C@@H]21. The first-order valence-corrected chi connectivity index (χ1v) is 9.07. The van der Waals surface area contributed by atoms with Crippen molar-refractivity contribution in [3.63, 3.8) is 0 Å². The minimum absolute atomic E-state index is 0.303. The number of fused-ring (bicyclic) bond motifs is 3. The Kier molecular flexibility index (Phi) is 3.29. The summed E-state index contributed by atoms with van der Waals surface area (Å²) in [7, 11) is -3.09. The fourth-order valence-electron chi connectivity index (χ4n) is 3.73. The van der Waals surface area contributed by atoms with Crippen molar-refractivity contribution in [2.75, 3.05) is 24.2 Å². The summed E-state index contributed by atoms with van der Waals surface area (Å²) in [6.45, 7) is 5.67. The second kappa shape index (κ2) is 4.74. The molecule has 0 amide bonds. The molecule has 0 saturated carbocycles. The molecule has 110 valence electrons. The predicted molar refractivity (Wildman–Crippen MR) is 81.6 cm³/mol. The molecule has 1 fully saturated rings. The normalized spacial score (nSPS) is 26.7. The van der Waals surface area contributed by atoms with Crippen molar-refractivity contribution in [2.45, 2.75) is 38.3 Å². The van der Waals surface area contributed by atoms with Gasteiger partial charge in [-0.15, -0.1) is 0 Å². The average molecular weight is 294 g/mol. The minimum atomic E-state index is -3.09. The van der Waals surface area contributed by atoms with Crippen LogP contribution in [0.3, 0.4) is 0 Å². The number of nitrogens with zero attached hydrogens (tertiary/aromatic N) is 2. The van der Waals surface area contributed by atoms with Crippen molar-refractivity contribution in [3.05, 3.63) is 29.8 Å². The Labute approximate surface area is 121 Å². The van der Waals surface area contributed by atoms with Crippen LogP contribution in [0.2, 0.25) is 0 Å². The fourth-order valence-corrected chi connectivity index (χ4v) is 4.59. The molecule has 2 aliphatic rings. The smallest absolute Gasteiger partial charge is 0.211 e. The highest BCUT2D eigenvalue weighted by atomic mass is 32.2. The van der Waals surface area contributed by atoms with Gasteiger partial charge in [0.25, 0.3) is 0 Å². The van der Waals surface area contributed by atoms with Gasteiger partial charge in [0.15, 0.2) is 0 Å². The molecular weight excluding hydrogens is 272 g/mol. The Hall–Kier alpha value is -1.07. The Morgan fingerprint density at radius 2 is 1.95 bits per heavy atom. The zero-order valence-corrected chi connectivity index (χ0v) is 13.1. The second-order valence-corrected chi connectivity index (χ2v) is 8.13. The summed E-state index contributed by atoms with van der Waals surface area (Å²) in [6, 6.07) is 9.32. The largest absolute Gasteiger partial charge is 0.365 e. The molecule has 0 aromatic heterocycles. The molecule has 1 aromatic rings. The Morgan fingerprint density at radius 1 is 1.25 bits per heavy atom. The van der Waals surface area contributed by atoms with Gasteiger partial charge in [0.2, 0.25) is 10.0 Å². The van der Waals surface area contributed by atoms with Crippen molar-refractivity contribution >= 4 is 15.7 Å². The van der Waals surface area contributed by atoms with Gasteiger partial charge in [-0.25, -0.2) is 12.7 Å². The highest BCUT2D eigenvalue weighted by Crippen LogP contribution is 2.45. The van der Waals surface area contributed by atoms with Crippen LogP contribution in [-0.2, 0) is 10.0 Å². The van der Waals surface area contributed by atoms with Crippen molar-refractivity contribution in [1.29, 1.82) is 0 Å². The summed E-state index contributed by atoms with van der Waals surface area (Å²) in [6.07, 6.45) is 2.22. The van der Waals surface area contributed by atoms with Gasteiger partial charge in [-0.1, -0.05) is 18.2 Å². The molecule has 5 heteroatoms. The zero-order chi connectivity index (χ0) is 14.5. The molecular formula is C15H22N2O2S. The molecule has 0 unspecified atom stereocenters. The van der Waals surface area contributed by atoms with Gasteiger partial charge in [0, 0.05) is 36.8 Å². The predicted octanol–water partition coefficient (Wildman–Crippen LogP) is 2.03. The van der Waals surface area contributed by atoms with Gasteiger partial charge in [-0.2, -0.15) is 0 Å². The van der Waals surface area contributed by atoms with Crippen LogP contribution in [0.4, 0.5) is 5.69 Å². The quantitative estimate of drug-likeness (QED) is 0.838. The summed E-state index contributed by atoms with van der Waals surface area (Å²) in [5, 5.41) is 0. The molecule has 1 saturated heterocycles. The number of anilines is 1. The lowest BCUT2D eigenvalue weighted by Gasteiger charge is -2.39. The standard InChI is InChI=1S/C15H22N2O2S/c1-11(2)17-14-7-5-4-6-12(14)13-10-16(20(3,18)19)9-8-15(13)17/h4-7,11,13,15H,8-10H2,1-3H3/t13-,15-/m0/s1. The highest BCUT2D eigenvalue weighted by molar-refractivity contribution is 7.88. The van der Waals surface area contributed by atoms with Crippen LogP contribution in [0.25, 0.3) is 0 Å². The number of sulfonamides is 1. The van der Waals surface area contributed by atoms with E-state index in [0.717, 1.165) is 6.42 Å². The van der Waals surface area contributed by atoms with E-state index in [0.29, 0.717) is 31.1 Å².